The number of pyridine rings is 1. The molecule has 0 aromatic carbocycles. The van der Waals surface area contributed by atoms with E-state index in [4.69, 9.17) is 0 Å². The van der Waals surface area contributed by atoms with Gasteiger partial charge in [0.2, 0.25) is 5.82 Å². The lowest BCUT2D eigenvalue weighted by molar-refractivity contribution is -0.384. The fraction of sp³-hybridized carbons (Fsp3) is 0.444. The van der Waals surface area contributed by atoms with Gasteiger partial charge in [-0.3, -0.25) is 10.1 Å². The zero-order chi connectivity index (χ0) is 11.3. The maximum atomic E-state index is 10.6. The van der Waals surface area contributed by atoms with Crippen molar-refractivity contribution in [3.8, 4) is 0 Å². The summed E-state index contributed by atoms with van der Waals surface area (Å²) in [5.41, 5.74) is 0.0104. The Bertz CT molecular complexity index is 346. The molecule has 1 heterocycles. The van der Waals surface area contributed by atoms with Crippen molar-refractivity contribution in [1.82, 2.24) is 9.88 Å². The number of hydrogen-bond donors (Lipinski definition) is 1. The van der Waals surface area contributed by atoms with Gasteiger partial charge in [0.05, 0.1) is 4.92 Å². The number of rotatable bonds is 5. The summed E-state index contributed by atoms with van der Waals surface area (Å²) in [5.74, 6) is 0.323. The Morgan fingerprint density at radius 1 is 1.56 bits per heavy atom. The topological polar surface area (TPSA) is 71.3 Å². The van der Waals surface area contributed by atoms with E-state index in [1.165, 1.54) is 12.3 Å². The monoisotopic (exact) mass is 246 g/mol. The minimum Gasteiger partial charge on any atom is -0.363 e. The summed E-state index contributed by atoms with van der Waals surface area (Å²) in [6.07, 6.45) is 1.53. The molecule has 6 nitrogen and oxygen atoms in total. The van der Waals surface area contributed by atoms with Gasteiger partial charge in [0.15, 0.2) is 0 Å². The van der Waals surface area contributed by atoms with Gasteiger partial charge in [0.25, 0.3) is 0 Å². The summed E-state index contributed by atoms with van der Waals surface area (Å²) < 4.78 is 0. The van der Waals surface area contributed by atoms with Crippen LogP contribution in [0.3, 0.4) is 0 Å². The van der Waals surface area contributed by atoms with E-state index in [2.05, 4.69) is 10.3 Å². The van der Waals surface area contributed by atoms with Crippen molar-refractivity contribution in [2.24, 2.45) is 0 Å². The lowest BCUT2D eigenvalue weighted by atomic mass is 10.4. The van der Waals surface area contributed by atoms with Gasteiger partial charge >= 0.3 is 5.69 Å². The smallest absolute Gasteiger partial charge is 0.311 e. The molecule has 0 unspecified atom stereocenters. The van der Waals surface area contributed by atoms with Gasteiger partial charge < -0.3 is 10.2 Å². The van der Waals surface area contributed by atoms with Crippen molar-refractivity contribution in [3.05, 3.63) is 28.4 Å². The average Bonchev–Trinajstić information content (AvgIpc) is 2.17. The van der Waals surface area contributed by atoms with E-state index in [1.807, 2.05) is 19.0 Å². The zero-order valence-corrected chi connectivity index (χ0v) is 10.0. The second kappa shape index (κ2) is 6.97. The van der Waals surface area contributed by atoms with E-state index in [1.54, 1.807) is 6.07 Å². The molecule has 1 N–H and O–H groups in total. The second-order valence-corrected chi connectivity index (χ2v) is 3.36. The maximum Gasteiger partial charge on any atom is 0.311 e. The van der Waals surface area contributed by atoms with Gasteiger partial charge in [-0.2, -0.15) is 0 Å². The molecule has 1 aromatic heterocycles. The van der Waals surface area contributed by atoms with Gasteiger partial charge in [0.1, 0.15) is 0 Å². The third kappa shape index (κ3) is 4.41. The fourth-order valence-electron chi connectivity index (χ4n) is 1.08. The molecule has 0 aliphatic carbocycles. The summed E-state index contributed by atoms with van der Waals surface area (Å²) in [4.78, 5) is 16.1. The van der Waals surface area contributed by atoms with E-state index in [-0.39, 0.29) is 18.1 Å². The molecule has 0 saturated heterocycles. The van der Waals surface area contributed by atoms with E-state index < -0.39 is 4.92 Å². The van der Waals surface area contributed by atoms with E-state index in [0.29, 0.717) is 12.4 Å². The Kier molecular flexibility index (Phi) is 6.36. The molecule has 0 fully saturated rings. The number of anilines is 1. The number of hydrogen-bond acceptors (Lipinski definition) is 5. The summed E-state index contributed by atoms with van der Waals surface area (Å²) in [5, 5.41) is 13.6. The van der Waals surface area contributed by atoms with Crippen LogP contribution in [-0.4, -0.2) is 42.0 Å². The van der Waals surface area contributed by atoms with Crippen LogP contribution in [0.1, 0.15) is 0 Å². The summed E-state index contributed by atoms with van der Waals surface area (Å²) in [6.45, 7) is 1.43. The van der Waals surface area contributed by atoms with Gasteiger partial charge in [-0.05, 0) is 20.2 Å². The van der Waals surface area contributed by atoms with Crippen LogP contribution in [0, 0.1) is 10.1 Å². The minimum absolute atomic E-state index is 0. The number of likely N-dealkylation sites (N-methyl/N-ethyl adjacent to an activating group) is 1. The molecular weight excluding hydrogens is 232 g/mol. The number of nitrogens with one attached hydrogen (secondary N) is 1. The first kappa shape index (κ1) is 14.6. The molecule has 0 amide bonds. The van der Waals surface area contributed by atoms with Crippen LogP contribution in [0.15, 0.2) is 18.3 Å². The summed E-state index contributed by atoms with van der Waals surface area (Å²) in [6, 6.07) is 2.99. The third-order valence-electron chi connectivity index (χ3n) is 1.83. The standard InChI is InChI=1S/C9H14N4O2.ClH/c1-12(2)7-6-11-9-8(13(14)15)4-3-5-10-9;/h3-5H,6-7H2,1-2H3,(H,10,11);1H. The maximum absolute atomic E-state index is 10.6. The highest BCUT2D eigenvalue weighted by Crippen LogP contribution is 2.19. The third-order valence-corrected chi connectivity index (χ3v) is 1.83. The molecule has 0 radical (unpaired) electrons. The molecule has 16 heavy (non-hydrogen) atoms. The van der Waals surface area contributed by atoms with Crippen LogP contribution in [0.5, 0.6) is 0 Å². The predicted molar refractivity (Wildman–Crippen MR) is 65.2 cm³/mol. The number of halogens is 1. The Labute approximate surface area is 100 Å². The van der Waals surface area contributed by atoms with Crippen LogP contribution in [0.2, 0.25) is 0 Å². The van der Waals surface area contributed by atoms with Crippen molar-refractivity contribution < 1.29 is 4.92 Å². The van der Waals surface area contributed by atoms with Gasteiger partial charge in [-0.25, -0.2) is 4.98 Å². The Balaban J connectivity index is 0.00000225. The molecule has 0 aliphatic rings. The lowest BCUT2D eigenvalue weighted by Crippen LogP contribution is -2.21. The molecule has 90 valence electrons. The van der Waals surface area contributed by atoms with Crippen molar-refractivity contribution in [2.45, 2.75) is 0 Å². The lowest BCUT2D eigenvalue weighted by Gasteiger charge is -2.10. The Morgan fingerprint density at radius 2 is 2.25 bits per heavy atom. The van der Waals surface area contributed by atoms with Gasteiger partial charge in [0, 0.05) is 25.4 Å². The van der Waals surface area contributed by atoms with Gasteiger partial charge in [-0.1, -0.05) is 0 Å². The van der Waals surface area contributed by atoms with E-state index >= 15 is 0 Å². The van der Waals surface area contributed by atoms with E-state index in [9.17, 15) is 10.1 Å². The predicted octanol–water partition coefficient (Wildman–Crippen LogP) is 1.39. The highest BCUT2D eigenvalue weighted by atomic mass is 35.5. The quantitative estimate of drug-likeness (QED) is 0.628. The van der Waals surface area contributed by atoms with Crippen LogP contribution in [0.4, 0.5) is 11.5 Å². The highest BCUT2D eigenvalue weighted by Gasteiger charge is 2.12. The zero-order valence-electron chi connectivity index (χ0n) is 9.21. The number of nitro groups is 1. The van der Waals surface area contributed by atoms with Crippen LogP contribution in [0.25, 0.3) is 0 Å². The molecular formula is C9H15ClN4O2. The molecule has 1 aromatic rings. The largest absolute Gasteiger partial charge is 0.363 e. The first-order chi connectivity index (χ1) is 7.11. The SMILES string of the molecule is CN(C)CCNc1ncccc1[N+](=O)[O-].Cl. The van der Waals surface area contributed by atoms with Crippen LogP contribution < -0.4 is 5.32 Å². The number of aromatic nitrogens is 1. The van der Waals surface area contributed by atoms with Crippen molar-refractivity contribution in [2.75, 3.05) is 32.5 Å². The Hall–Kier alpha value is -1.40. The minimum atomic E-state index is -0.439. The molecule has 0 atom stereocenters. The second-order valence-electron chi connectivity index (χ2n) is 3.36. The molecule has 0 aliphatic heterocycles. The highest BCUT2D eigenvalue weighted by molar-refractivity contribution is 5.85. The van der Waals surface area contributed by atoms with Crippen LogP contribution >= 0.6 is 12.4 Å². The molecule has 0 spiro atoms. The van der Waals surface area contributed by atoms with Crippen molar-refractivity contribution in [1.29, 1.82) is 0 Å². The summed E-state index contributed by atoms with van der Waals surface area (Å²) >= 11 is 0. The fourth-order valence-corrected chi connectivity index (χ4v) is 1.08. The Morgan fingerprint density at radius 3 is 2.81 bits per heavy atom. The number of nitrogens with zero attached hydrogens (tertiary/aromatic N) is 3. The molecule has 7 heteroatoms. The average molecular weight is 247 g/mol. The van der Waals surface area contributed by atoms with E-state index in [0.717, 1.165) is 6.54 Å². The molecule has 0 bridgehead atoms. The molecule has 1 rings (SSSR count). The van der Waals surface area contributed by atoms with Crippen LogP contribution in [-0.2, 0) is 0 Å². The first-order valence-electron chi connectivity index (χ1n) is 4.59. The molecule has 0 saturated carbocycles. The first-order valence-corrected chi connectivity index (χ1v) is 4.59. The normalized spacial score (nSPS) is 9.69. The van der Waals surface area contributed by atoms with Crippen molar-refractivity contribution in [3.63, 3.8) is 0 Å². The van der Waals surface area contributed by atoms with Crippen molar-refractivity contribution >= 4 is 23.9 Å². The van der Waals surface area contributed by atoms with Gasteiger partial charge in [-0.15, -0.1) is 12.4 Å². The summed E-state index contributed by atoms with van der Waals surface area (Å²) in [7, 11) is 3.88.